The number of carbonyl (C=O) groups excluding carboxylic acids is 2. The zero-order valence-electron chi connectivity index (χ0n) is 23.2. The maximum Gasteiger partial charge on any atom is 0.323 e. The van der Waals surface area contributed by atoms with Gasteiger partial charge in [-0.3, -0.25) is 24.6 Å². The maximum absolute atomic E-state index is 12.8. The molecule has 0 aliphatic carbocycles. The average molecular weight is 613 g/mol. The van der Waals surface area contributed by atoms with Crippen LogP contribution in [0.2, 0.25) is 0 Å². The number of nitrogens with zero attached hydrogens (tertiary/aromatic N) is 2. The lowest BCUT2D eigenvalue weighted by Crippen LogP contribution is -2.54. The molecule has 15 heteroatoms. The number of sulfonamides is 1. The highest BCUT2D eigenvalue weighted by Crippen LogP contribution is 2.20. The molecule has 0 bridgehead atoms. The summed E-state index contributed by atoms with van der Waals surface area (Å²) in [5.41, 5.74) is 6.82. The van der Waals surface area contributed by atoms with Gasteiger partial charge < -0.3 is 31.1 Å². The van der Waals surface area contributed by atoms with E-state index in [9.17, 15) is 27.9 Å². The fourth-order valence-electron chi connectivity index (χ4n) is 4.16. The van der Waals surface area contributed by atoms with E-state index in [0.29, 0.717) is 17.5 Å². The van der Waals surface area contributed by atoms with Crippen molar-refractivity contribution in [2.75, 3.05) is 37.6 Å². The van der Waals surface area contributed by atoms with Crippen LogP contribution in [0.1, 0.15) is 12.5 Å². The topological polar surface area (TPSA) is 223 Å². The van der Waals surface area contributed by atoms with Gasteiger partial charge in [-0.1, -0.05) is 30.3 Å². The number of benzene rings is 3. The van der Waals surface area contributed by atoms with E-state index in [2.05, 4.69) is 10.0 Å². The lowest BCUT2D eigenvalue weighted by atomic mass is 10.1. The van der Waals surface area contributed by atoms with Crippen LogP contribution in [0, 0.1) is 5.41 Å². The number of carbonyl (C=O) groups is 4. The average Bonchev–Trinajstić information content (AvgIpc) is 2.95. The molecule has 0 saturated carbocycles. The van der Waals surface area contributed by atoms with Crippen molar-refractivity contribution in [2.45, 2.75) is 17.9 Å². The summed E-state index contributed by atoms with van der Waals surface area (Å²) in [6, 6.07) is 16.9. The summed E-state index contributed by atoms with van der Waals surface area (Å²) < 4.78 is 27.8. The van der Waals surface area contributed by atoms with Crippen molar-refractivity contribution in [1.82, 2.24) is 14.9 Å². The Morgan fingerprint density at radius 3 is 2.21 bits per heavy atom. The summed E-state index contributed by atoms with van der Waals surface area (Å²) >= 11 is 0. The van der Waals surface area contributed by atoms with Crippen molar-refractivity contribution < 1.29 is 37.8 Å². The lowest BCUT2D eigenvalue weighted by molar-refractivity contribution is -0.139. The highest BCUT2D eigenvalue weighted by Gasteiger charge is 2.28. The normalized spacial score (nSPS) is 13.9. The number of nitrogen functional groups attached to an aromatic ring is 1. The molecule has 7 N–H and O–H groups in total. The molecule has 3 aromatic carbocycles. The largest absolute Gasteiger partial charge is 0.481 e. The summed E-state index contributed by atoms with van der Waals surface area (Å²) in [6.07, 6.45) is 0. The van der Waals surface area contributed by atoms with E-state index in [1.165, 1.54) is 17.0 Å². The molecule has 0 aromatic heterocycles. The Hall–Kier alpha value is -5.02. The fourth-order valence-corrected chi connectivity index (χ4v) is 5.39. The molecule has 0 unspecified atom stereocenters. The Kier molecular flexibility index (Phi) is 10.8. The van der Waals surface area contributed by atoms with E-state index in [0.717, 1.165) is 18.0 Å². The van der Waals surface area contributed by atoms with Crippen LogP contribution in [0.4, 0.5) is 5.69 Å². The minimum atomic E-state index is -4.19. The number of hydrogen-bond acceptors (Lipinski definition) is 8. The molecule has 1 aliphatic heterocycles. The minimum Gasteiger partial charge on any atom is -0.481 e. The van der Waals surface area contributed by atoms with E-state index in [1.807, 2.05) is 17.0 Å². The molecular formula is C28H32N6O8S. The van der Waals surface area contributed by atoms with Crippen LogP contribution in [0.3, 0.4) is 0 Å². The predicted octanol–water partition coefficient (Wildman–Crippen LogP) is 0.411. The SMILES string of the molecule is CC(=O)O.N=C(N)c1ccc(N2CCN(CC(=O)NC[C@H](NS(=O)(=O)c3ccc4ccccc4c3)C(=O)O)C(=O)C2)cc1. The lowest BCUT2D eigenvalue weighted by Gasteiger charge is -2.35. The van der Waals surface area contributed by atoms with Gasteiger partial charge in [-0.15, -0.1) is 0 Å². The number of nitrogens with two attached hydrogens (primary N) is 1. The van der Waals surface area contributed by atoms with Crippen molar-refractivity contribution in [1.29, 1.82) is 5.41 Å². The van der Waals surface area contributed by atoms with Gasteiger partial charge in [0.05, 0.1) is 18.0 Å². The smallest absolute Gasteiger partial charge is 0.323 e. The van der Waals surface area contributed by atoms with Gasteiger partial charge in [0.25, 0.3) is 5.97 Å². The molecule has 3 aromatic rings. The molecule has 228 valence electrons. The third-order valence-corrected chi connectivity index (χ3v) is 7.80. The van der Waals surface area contributed by atoms with Crippen LogP contribution in [0.15, 0.2) is 71.6 Å². The summed E-state index contributed by atoms with van der Waals surface area (Å²) in [5.74, 6) is -3.25. The highest BCUT2D eigenvalue weighted by atomic mass is 32.2. The molecular weight excluding hydrogens is 580 g/mol. The van der Waals surface area contributed by atoms with E-state index >= 15 is 0 Å². The number of rotatable bonds is 10. The standard InChI is InChI=1S/C26H28N6O6S.C2H4O2/c27-25(28)18-5-8-20(9-6-18)31-11-12-32(24(34)16-31)15-23(33)29-14-22(26(35)36)30-39(37,38)21-10-7-17-3-1-2-4-19(17)13-21;1-2(3)4/h1-10,13,22,30H,11-12,14-16H2,(H3,27,28)(H,29,33)(H,35,36);1H3,(H,3,4)/t22-;/m0./s1. The third kappa shape index (κ3) is 9.24. The number of carboxylic acid groups (broad SMARTS) is 2. The Morgan fingerprint density at radius 1 is 1.00 bits per heavy atom. The van der Waals surface area contributed by atoms with Gasteiger partial charge in [0.15, 0.2) is 0 Å². The van der Waals surface area contributed by atoms with Gasteiger partial charge in [0.2, 0.25) is 21.8 Å². The first-order valence-electron chi connectivity index (χ1n) is 12.9. The molecule has 14 nitrogen and oxygen atoms in total. The zero-order valence-corrected chi connectivity index (χ0v) is 24.0. The Bertz CT molecular complexity index is 1620. The van der Waals surface area contributed by atoms with Crippen molar-refractivity contribution in [3.05, 3.63) is 72.3 Å². The highest BCUT2D eigenvalue weighted by molar-refractivity contribution is 7.89. The van der Waals surface area contributed by atoms with E-state index < -0.39 is 40.5 Å². The first-order valence-corrected chi connectivity index (χ1v) is 14.4. The second kappa shape index (κ2) is 14.2. The number of piperazine rings is 1. The molecule has 1 aliphatic rings. The third-order valence-electron chi connectivity index (χ3n) is 6.33. The van der Waals surface area contributed by atoms with Crippen molar-refractivity contribution in [3.8, 4) is 0 Å². The molecule has 0 spiro atoms. The first kappa shape index (κ1) is 32.5. The van der Waals surface area contributed by atoms with Crippen LogP contribution in [0.5, 0.6) is 0 Å². The number of carboxylic acids is 2. The molecule has 4 rings (SSSR count). The van der Waals surface area contributed by atoms with Crippen molar-refractivity contribution >= 4 is 56.1 Å². The molecule has 1 fully saturated rings. The second-order valence-electron chi connectivity index (χ2n) is 9.54. The number of aliphatic carboxylic acids is 2. The zero-order chi connectivity index (χ0) is 31.7. The van der Waals surface area contributed by atoms with Crippen LogP contribution >= 0.6 is 0 Å². The molecule has 1 heterocycles. The molecule has 2 amide bonds. The van der Waals surface area contributed by atoms with Crippen LogP contribution in [0.25, 0.3) is 10.8 Å². The van der Waals surface area contributed by atoms with Gasteiger partial charge in [-0.25, -0.2) is 8.42 Å². The number of amides is 2. The molecule has 1 atom stereocenters. The Balaban J connectivity index is 0.00000119. The number of fused-ring (bicyclic) bond motifs is 1. The second-order valence-corrected chi connectivity index (χ2v) is 11.3. The quantitative estimate of drug-likeness (QED) is 0.137. The Morgan fingerprint density at radius 2 is 1.63 bits per heavy atom. The fraction of sp³-hybridized carbons (Fsp3) is 0.250. The number of anilines is 1. The van der Waals surface area contributed by atoms with Crippen molar-refractivity contribution in [3.63, 3.8) is 0 Å². The summed E-state index contributed by atoms with van der Waals surface area (Å²) in [7, 11) is -4.19. The monoisotopic (exact) mass is 612 g/mol. The first-order chi connectivity index (χ1) is 20.3. The summed E-state index contributed by atoms with van der Waals surface area (Å²) in [4.78, 5) is 49.0. The van der Waals surface area contributed by atoms with Gasteiger partial charge >= 0.3 is 5.97 Å². The Labute approximate surface area is 247 Å². The number of nitrogens with one attached hydrogen (secondary N) is 3. The van der Waals surface area contributed by atoms with Crippen LogP contribution in [-0.4, -0.2) is 91.9 Å². The summed E-state index contributed by atoms with van der Waals surface area (Å²) in [6.45, 7) is 1.05. The molecule has 43 heavy (non-hydrogen) atoms. The van der Waals surface area contributed by atoms with Crippen molar-refractivity contribution in [2.24, 2.45) is 5.73 Å². The minimum absolute atomic E-state index is 0.0377. The van der Waals surface area contributed by atoms with Crippen LogP contribution < -0.4 is 20.7 Å². The number of hydrogen-bond donors (Lipinski definition) is 6. The van der Waals surface area contributed by atoms with E-state index in [4.69, 9.17) is 21.0 Å². The van der Waals surface area contributed by atoms with E-state index in [-0.39, 0.29) is 36.3 Å². The predicted molar refractivity (Wildman–Crippen MR) is 158 cm³/mol. The molecule has 0 radical (unpaired) electrons. The van der Waals surface area contributed by atoms with Crippen LogP contribution in [-0.2, 0) is 29.2 Å². The van der Waals surface area contributed by atoms with E-state index in [1.54, 1.807) is 42.5 Å². The molecule has 1 saturated heterocycles. The summed E-state index contributed by atoms with van der Waals surface area (Å²) in [5, 5.41) is 28.4. The van der Waals surface area contributed by atoms with Gasteiger partial charge in [0.1, 0.15) is 11.9 Å². The number of amidine groups is 1. The maximum atomic E-state index is 12.8. The van der Waals surface area contributed by atoms with Gasteiger partial charge in [-0.2, -0.15) is 4.72 Å². The van der Waals surface area contributed by atoms with Gasteiger partial charge in [-0.05, 0) is 47.2 Å². The van der Waals surface area contributed by atoms with Gasteiger partial charge in [0, 0.05) is 37.8 Å².